The smallest absolute Gasteiger partial charge is 0.0463 e. The van der Waals surface area contributed by atoms with Crippen LogP contribution in [0.15, 0.2) is 23.6 Å². The van der Waals surface area contributed by atoms with Crippen LogP contribution in [0.4, 0.5) is 0 Å². The Hall–Kier alpha value is -0.640. The monoisotopic (exact) mass is 305 g/mol. The average molecular weight is 306 g/mol. The molecular formula is C17H23NS2. The van der Waals surface area contributed by atoms with E-state index < -0.39 is 0 Å². The van der Waals surface area contributed by atoms with Crippen LogP contribution in [0.25, 0.3) is 0 Å². The van der Waals surface area contributed by atoms with Crippen molar-refractivity contribution in [1.29, 1.82) is 0 Å². The molecule has 2 heterocycles. The van der Waals surface area contributed by atoms with Crippen molar-refractivity contribution in [2.45, 2.75) is 51.5 Å². The van der Waals surface area contributed by atoms with Gasteiger partial charge in [-0.3, -0.25) is 0 Å². The summed E-state index contributed by atoms with van der Waals surface area (Å²) in [6.07, 6.45) is 7.89. The van der Waals surface area contributed by atoms with Gasteiger partial charge in [-0.2, -0.15) is 0 Å². The molecule has 0 spiro atoms. The number of likely N-dealkylation sites (N-methyl/N-ethyl adjacent to an activating group) is 1. The fraction of sp³-hybridized carbons (Fsp3) is 0.529. The molecule has 2 aromatic rings. The maximum atomic E-state index is 3.68. The fourth-order valence-corrected chi connectivity index (χ4v) is 5.10. The first-order chi connectivity index (χ1) is 9.86. The standard InChI is InChI=1S/C17H23NS2/c1-2-18-15(12-14-8-6-10-19-14)17-11-13-7-4-3-5-9-16(13)20-17/h6,8,10-11,15,18H,2-5,7,9,12H2,1H3. The zero-order valence-electron chi connectivity index (χ0n) is 12.2. The second-order valence-electron chi connectivity index (χ2n) is 5.55. The summed E-state index contributed by atoms with van der Waals surface area (Å²) in [5.74, 6) is 0. The van der Waals surface area contributed by atoms with Gasteiger partial charge in [0.15, 0.2) is 0 Å². The minimum Gasteiger partial charge on any atom is -0.309 e. The molecule has 20 heavy (non-hydrogen) atoms. The average Bonchev–Trinajstić information content (AvgIpc) is 3.04. The second-order valence-corrected chi connectivity index (χ2v) is 7.75. The number of hydrogen-bond donors (Lipinski definition) is 1. The highest BCUT2D eigenvalue weighted by atomic mass is 32.1. The lowest BCUT2D eigenvalue weighted by atomic mass is 10.1. The highest BCUT2D eigenvalue weighted by Crippen LogP contribution is 2.34. The number of aryl methyl sites for hydroxylation is 2. The largest absolute Gasteiger partial charge is 0.309 e. The van der Waals surface area contributed by atoms with Crippen molar-refractivity contribution in [2.24, 2.45) is 0 Å². The van der Waals surface area contributed by atoms with E-state index in [9.17, 15) is 0 Å². The van der Waals surface area contributed by atoms with Crippen LogP contribution in [0.5, 0.6) is 0 Å². The minimum atomic E-state index is 0.496. The quantitative estimate of drug-likeness (QED) is 0.769. The number of rotatable bonds is 5. The van der Waals surface area contributed by atoms with Gasteiger partial charge in [0.2, 0.25) is 0 Å². The Morgan fingerprint density at radius 3 is 2.95 bits per heavy atom. The Labute approximate surface area is 130 Å². The highest BCUT2D eigenvalue weighted by molar-refractivity contribution is 7.12. The van der Waals surface area contributed by atoms with Crippen molar-refractivity contribution in [3.8, 4) is 0 Å². The third-order valence-electron chi connectivity index (χ3n) is 4.05. The van der Waals surface area contributed by atoms with E-state index in [4.69, 9.17) is 0 Å². The van der Waals surface area contributed by atoms with E-state index in [0.29, 0.717) is 6.04 Å². The summed E-state index contributed by atoms with van der Waals surface area (Å²) in [6, 6.07) is 7.41. The summed E-state index contributed by atoms with van der Waals surface area (Å²) in [5, 5.41) is 5.86. The van der Waals surface area contributed by atoms with Crippen molar-refractivity contribution < 1.29 is 0 Å². The maximum absolute atomic E-state index is 3.68. The molecule has 0 saturated heterocycles. The number of fused-ring (bicyclic) bond motifs is 1. The molecule has 0 amide bonds. The third-order valence-corrected chi connectivity index (χ3v) is 6.29. The van der Waals surface area contributed by atoms with Crippen LogP contribution in [0.3, 0.4) is 0 Å². The molecule has 0 fully saturated rings. The molecule has 0 bridgehead atoms. The molecule has 1 nitrogen and oxygen atoms in total. The van der Waals surface area contributed by atoms with Crippen molar-refractivity contribution >= 4 is 22.7 Å². The van der Waals surface area contributed by atoms with Crippen molar-refractivity contribution in [2.75, 3.05) is 6.54 Å². The lowest BCUT2D eigenvalue weighted by Gasteiger charge is -2.15. The van der Waals surface area contributed by atoms with Gasteiger partial charge >= 0.3 is 0 Å². The van der Waals surface area contributed by atoms with E-state index in [1.165, 1.54) is 37.0 Å². The Morgan fingerprint density at radius 2 is 2.15 bits per heavy atom. The first kappa shape index (κ1) is 14.3. The summed E-state index contributed by atoms with van der Waals surface area (Å²) in [4.78, 5) is 4.69. The molecule has 0 aliphatic heterocycles. The molecule has 2 aromatic heterocycles. The Kier molecular flexibility index (Phi) is 4.92. The van der Waals surface area contributed by atoms with Crippen molar-refractivity contribution in [3.05, 3.63) is 43.8 Å². The maximum Gasteiger partial charge on any atom is 0.0463 e. The van der Waals surface area contributed by atoms with Crippen LogP contribution in [0.1, 0.15) is 52.4 Å². The molecule has 1 atom stereocenters. The highest BCUT2D eigenvalue weighted by Gasteiger charge is 2.18. The lowest BCUT2D eigenvalue weighted by molar-refractivity contribution is 0.561. The SMILES string of the molecule is CCNC(Cc1cccs1)c1cc2c(s1)CCCCC2. The minimum absolute atomic E-state index is 0.496. The summed E-state index contributed by atoms with van der Waals surface area (Å²) in [6.45, 7) is 3.25. The summed E-state index contributed by atoms with van der Waals surface area (Å²) >= 11 is 3.94. The van der Waals surface area contributed by atoms with Gasteiger partial charge in [0.1, 0.15) is 0 Å². The number of nitrogens with one attached hydrogen (secondary N) is 1. The van der Waals surface area contributed by atoms with E-state index in [1.54, 1.807) is 15.3 Å². The Balaban J connectivity index is 1.80. The van der Waals surface area contributed by atoms with Crippen LogP contribution >= 0.6 is 22.7 Å². The van der Waals surface area contributed by atoms with Gasteiger partial charge in [-0.05, 0) is 55.3 Å². The van der Waals surface area contributed by atoms with Gasteiger partial charge in [0.05, 0.1) is 0 Å². The van der Waals surface area contributed by atoms with E-state index >= 15 is 0 Å². The first-order valence-corrected chi connectivity index (χ1v) is 9.43. The normalized spacial score (nSPS) is 16.6. The second kappa shape index (κ2) is 6.88. The molecule has 3 heteroatoms. The Morgan fingerprint density at radius 1 is 1.25 bits per heavy atom. The number of hydrogen-bond acceptors (Lipinski definition) is 3. The van der Waals surface area contributed by atoms with Gasteiger partial charge in [-0.15, -0.1) is 22.7 Å². The molecule has 0 radical (unpaired) electrons. The van der Waals surface area contributed by atoms with Gasteiger partial charge in [0, 0.05) is 27.1 Å². The van der Waals surface area contributed by atoms with Crippen LogP contribution < -0.4 is 5.32 Å². The van der Waals surface area contributed by atoms with E-state index in [1.807, 2.05) is 11.3 Å². The van der Waals surface area contributed by atoms with Crippen LogP contribution in [0, 0.1) is 0 Å². The van der Waals surface area contributed by atoms with E-state index in [0.717, 1.165) is 13.0 Å². The lowest BCUT2D eigenvalue weighted by Crippen LogP contribution is -2.21. The predicted molar refractivity (Wildman–Crippen MR) is 90.0 cm³/mol. The molecule has 1 unspecified atom stereocenters. The Bertz CT molecular complexity index is 504. The van der Waals surface area contributed by atoms with Crippen LogP contribution in [-0.4, -0.2) is 6.54 Å². The molecule has 1 N–H and O–H groups in total. The van der Waals surface area contributed by atoms with Gasteiger partial charge in [0.25, 0.3) is 0 Å². The molecule has 0 saturated carbocycles. The summed E-state index contributed by atoms with van der Waals surface area (Å²) in [5.41, 5.74) is 1.64. The molecule has 3 rings (SSSR count). The van der Waals surface area contributed by atoms with E-state index in [2.05, 4.69) is 47.2 Å². The van der Waals surface area contributed by atoms with Crippen molar-refractivity contribution in [3.63, 3.8) is 0 Å². The third kappa shape index (κ3) is 3.33. The van der Waals surface area contributed by atoms with Crippen LogP contribution in [-0.2, 0) is 19.3 Å². The van der Waals surface area contributed by atoms with E-state index in [-0.39, 0.29) is 0 Å². The predicted octanol–water partition coefficient (Wildman–Crippen LogP) is 4.97. The zero-order chi connectivity index (χ0) is 13.8. The van der Waals surface area contributed by atoms with Crippen LogP contribution in [0.2, 0.25) is 0 Å². The fourth-order valence-electron chi connectivity index (χ4n) is 3.01. The molecule has 0 aromatic carbocycles. The summed E-state index contributed by atoms with van der Waals surface area (Å²) in [7, 11) is 0. The number of thiophene rings is 2. The molecule has 1 aliphatic rings. The topological polar surface area (TPSA) is 12.0 Å². The van der Waals surface area contributed by atoms with Gasteiger partial charge < -0.3 is 5.32 Å². The van der Waals surface area contributed by atoms with Crippen molar-refractivity contribution in [1.82, 2.24) is 5.32 Å². The first-order valence-electron chi connectivity index (χ1n) is 7.74. The summed E-state index contributed by atoms with van der Waals surface area (Å²) < 4.78 is 0. The molecular weight excluding hydrogens is 282 g/mol. The van der Waals surface area contributed by atoms with Gasteiger partial charge in [-0.1, -0.05) is 19.4 Å². The molecule has 108 valence electrons. The zero-order valence-corrected chi connectivity index (χ0v) is 13.8. The molecule has 1 aliphatic carbocycles. The van der Waals surface area contributed by atoms with Gasteiger partial charge in [-0.25, -0.2) is 0 Å².